The van der Waals surface area contributed by atoms with E-state index < -0.39 is 6.04 Å². The van der Waals surface area contributed by atoms with Crippen molar-refractivity contribution in [1.82, 2.24) is 0 Å². The maximum absolute atomic E-state index is 12.3. The number of benzene rings is 2. The van der Waals surface area contributed by atoms with Gasteiger partial charge < -0.3 is 15.8 Å². The Kier molecular flexibility index (Phi) is 7.50. The second-order valence-electron chi connectivity index (χ2n) is 5.46. The first-order chi connectivity index (χ1) is 12.1. The molecule has 0 saturated carbocycles. The molecule has 3 N–H and O–H groups in total. The molecule has 132 valence electrons. The van der Waals surface area contributed by atoms with Gasteiger partial charge in [-0.3, -0.25) is 9.59 Å². The molecular formula is C19H22N2O3S. The molecule has 5 nitrogen and oxygen atoms in total. The summed E-state index contributed by atoms with van der Waals surface area (Å²) in [6.07, 6.45) is 0.392. The fraction of sp³-hybridized carbons (Fsp3) is 0.263. The number of thioether (sulfide) groups is 1. The first kappa shape index (κ1) is 19.0. The van der Waals surface area contributed by atoms with Gasteiger partial charge >= 0.3 is 5.97 Å². The summed E-state index contributed by atoms with van der Waals surface area (Å²) in [6, 6.07) is 16.2. The molecule has 0 aromatic heterocycles. The van der Waals surface area contributed by atoms with Gasteiger partial charge in [-0.25, -0.2) is 0 Å². The highest BCUT2D eigenvalue weighted by Crippen LogP contribution is 2.19. The molecule has 0 spiro atoms. The third kappa shape index (κ3) is 6.25. The van der Waals surface area contributed by atoms with Crippen LogP contribution in [0.5, 0.6) is 0 Å². The average Bonchev–Trinajstić information content (AvgIpc) is 2.65. The molecule has 0 heterocycles. The van der Waals surface area contributed by atoms with Crippen LogP contribution >= 0.6 is 11.8 Å². The summed E-state index contributed by atoms with van der Waals surface area (Å²) in [6.45, 7) is 0. The molecule has 0 aliphatic heterocycles. The lowest BCUT2D eigenvalue weighted by molar-refractivity contribution is -0.140. The number of hydrogen-bond donors (Lipinski definition) is 2. The first-order valence-corrected chi connectivity index (χ1v) is 9.10. The molecule has 2 aromatic rings. The Morgan fingerprint density at radius 2 is 1.92 bits per heavy atom. The van der Waals surface area contributed by atoms with E-state index in [4.69, 9.17) is 5.73 Å². The fourth-order valence-electron chi connectivity index (χ4n) is 2.22. The Morgan fingerprint density at radius 1 is 1.16 bits per heavy atom. The Morgan fingerprint density at radius 3 is 2.64 bits per heavy atom. The molecular weight excluding hydrogens is 336 g/mol. The Hall–Kier alpha value is -2.31. The van der Waals surface area contributed by atoms with Crippen LogP contribution in [0, 0.1) is 0 Å². The van der Waals surface area contributed by atoms with Crippen molar-refractivity contribution in [2.75, 3.05) is 18.2 Å². The number of methoxy groups -OCH3 is 1. The predicted molar refractivity (Wildman–Crippen MR) is 101 cm³/mol. The number of nitrogens with two attached hydrogens (primary N) is 1. The maximum atomic E-state index is 12.3. The van der Waals surface area contributed by atoms with Gasteiger partial charge in [0.2, 0.25) is 5.91 Å². The van der Waals surface area contributed by atoms with Crippen molar-refractivity contribution < 1.29 is 14.3 Å². The van der Waals surface area contributed by atoms with E-state index in [-0.39, 0.29) is 11.9 Å². The molecule has 0 aliphatic carbocycles. The van der Waals surface area contributed by atoms with Crippen LogP contribution in [0.4, 0.5) is 5.69 Å². The largest absolute Gasteiger partial charge is 0.469 e. The summed E-state index contributed by atoms with van der Waals surface area (Å²) >= 11 is 1.64. The fourth-order valence-corrected chi connectivity index (χ4v) is 3.09. The van der Waals surface area contributed by atoms with Crippen molar-refractivity contribution in [3.8, 4) is 0 Å². The van der Waals surface area contributed by atoms with Gasteiger partial charge in [0.15, 0.2) is 0 Å². The van der Waals surface area contributed by atoms with Gasteiger partial charge in [0.1, 0.15) is 6.04 Å². The van der Waals surface area contributed by atoms with Gasteiger partial charge in [-0.2, -0.15) is 11.8 Å². The number of amides is 1. The van der Waals surface area contributed by atoms with E-state index in [9.17, 15) is 9.59 Å². The van der Waals surface area contributed by atoms with Crippen LogP contribution < -0.4 is 11.1 Å². The lowest BCUT2D eigenvalue weighted by atomic mass is 10.1. The SMILES string of the molecule is COC(=O)CCSCc1cccc(NC(=O)C(N)c2ccccc2)c1. The predicted octanol–water partition coefficient (Wildman–Crippen LogP) is 3.12. The third-order valence-corrected chi connectivity index (χ3v) is 4.61. The molecule has 2 aromatic carbocycles. The molecule has 6 heteroatoms. The summed E-state index contributed by atoms with van der Waals surface area (Å²) in [5, 5.41) is 2.85. The number of carbonyl (C=O) groups excluding carboxylic acids is 2. The molecule has 0 radical (unpaired) electrons. The second kappa shape index (κ2) is 9.86. The summed E-state index contributed by atoms with van der Waals surface area (Å²) in [5.41, 5.74) is 8.56. The number of hydrogen-bond acceptors (Lipinski definition) is 5. The van der Waals surface area contributed by atoms with Gasteiger partial charge in [-0.15, -0.1) is 0 Å². The van der Waals surface area contributed by atoms with Gasteiger partial charge in [-0.1, -0.05) is 42.5 Å². The van der Waals surface area contributed by atoms with Crippen LogP contribution in [-0.4, -0.2) is 24.7 Å². The number of anilines is 1. The highest BCUT2D eigenvalue weighted by molar-refractivity contribution is 7.98. The molecule has 2 rings (SSSR count). The topological polar surface area (TPSA) is 81.4 Å². The minimum atomic E-state index is -0.709. The Bertz CT molecular complexity index is 707. The number of esters is 1. The van der Waals surface area contributed by atoms with Crippen LogP contribution in [0.2, 0.25) is 0 Å². The van der Waals surface area contributed by atoms with Crippen molar-refractivity contribution in [2.24, 2.45) is 5.73 Å². The van der Waals surface area contributed by atoms with E-state index in [1.54, 1.807) is 11.8 Å². The van der Waals surface area contributed by atoms with Crippen molar-refractivity contribution >= 4 is 29.3 Å². The van der Waals surface area contributed by atoms with E-state index in [1.165, 1.54) is 7.11 Å². The van der Waals surface area contributed by atoms with E-state index >= 15 is 0 Å². The number of carbonyl (C=O) groups is 2. The normalized spacial score (nSPS) is 11.6. The summed E-state index contributed by atoms with van der Waals surface area (Å²) < 4.78 is 4.61. The second-order valence-corrected chi connectivity index (χ2v) is 6.56. The van der Waals surface area contributed by atoms with Gasteiger partial charge in [-0.05, 0) is 23.3 Å². The standard InChI is InChI=1S/C19H22N2O3S/c1-24-17(22)10-11-25-13-14-6-5-9-16(12-14)21-19(23)18(20)15-7-3-2-4-8-15/h2-9,12,18H,10-11,13,20H2,1H3,(H,21,23). The first-order valence-electron chi connectivity index (χ1n) is 7.95. The van der Waals surface area contributed by atoms with Crippen molar-refractivity contribution in [2.45, 2.75) is 18.2 Å². The monoisotopic (exact) mass is 358 g/mol. The zero-order valence-electron chi connectivity index (χ0n) is 14.1. The number of ether oxygens (including phenoxy) is 1. The van der Waals surface area contributed by atoms with Gasteiger partial charge in [0.05, 0.1) is 13.5 Å². The van der Waals surface area contributed by atoms with Gasteiger partial charge in [0.25, 0.3) is 0 Å². The quantitative estimate of drug-likeness (QED) is 0.560. The van der Waals surface area contributed by atoms with Gasteiger partial charge in [0, 0.05) is 17.2 Å². The third-order valence-electron chi connectivity index (χ3n) is 3.58. The molecule has 0 saturated heterocycles. The van der Waals surface area contributed by atoms with Crippen molar-refractivity contribution in [3.63, 3.8) is 0 Å². The smallest absolute Gasteiger partial charge is 0.306 e. The summed E-state index contributed by atoms with van der Waals surface area (Å²) in [7, 11) is 1.39. The van der Waals surface area contributed by atoms with Crippen LogP contribution in [0.25, 0.3) is 0 Å². The zero-order valence-corrected chi connectivity index (χ0v) is 14.9. The maximum Gasteiger partial charge on any atom is 0.306 e. The molecule has 0 fully saturated rings. The minimum Gasteiger partial charge on any atom is -0.469 e. The average molecular weight is 358 g/mol. The van der Waals surface area contributed by atoms with Crippen LogP contribution in [0.3, 0.4) is 0 Å². The van der Waals surface area contributed by atoms with E-state index in [1.807, 2.05) is 54.6 Å². The van der Waals surface area contributed by atoms with Crippen molar-refractivity contribution in [3.05, 3.63) is 65.7 Å². The highest BCUT2D eigenvalue weighted by atomic mass is 32.2. The Balaban J connectivity index is 1.88. The Labute approximate surface area is 151 Å². The lowest BCUT2D eigenvalue weighted by Crippen LogP contribution is -2.27. The van der Waals surface area contributed by atoms with Crippen LogP contribution in [0.1, 0.15) is 23.6 Å². The van der Waals surface area contributed by atoms with E-state index in [0.717, 1.165) is 16.9 Å². The molecule has 0 bridgehead atoms. The number of nitrogens with one attached hydrogen (secondary N) is 1. The highest BCUT2D eigenvalue weighted by Gasteiger charge is 2.15. The van der Waals surface area contributed by atoms with Crippen molar-refractivity contribution in [1.29, 1.82) is 0 Å². The molecule has 1 unspecified atom stereocenters. The molecule has 1 amide bonds. The molecule has 25 heavy (non-hydrogen) atoms. The summed E-state index contributed by atoms with van der Waals surface area (Å²) in [5.74, 6) is 0.998. The number of rotatable bonds is 8. The lowest BCUT2D eigenvalue weighted by Gasteiger charge is -2.13. The van der Waals surface area contributed by atoms with Crippen LogP contribution in [0.15, 0.2) is 54.6 Å². The minimum absolute atomic E-state index is 0.205. The zero-order chi connectivity index (χ0) is 18.1. The van der Waals surface area contributed by atoms with E-state index in [0.29, 0.717) is 17.9 Å². The van der Waals surface area contributed by atoms with E-state index in [2.05, 4.69) is 10.1 Å². The molecule has 0 aliphatic rings. The summed E-state index contributed by atoms with van der Waals surface area (Å²) in [4.78, 5) is 23.4. The van der Waals surface area contributed by atoms with Crippen LogP contribution in [-0.2, 0) is 20.1 Å². The molecule has 1 atom stereocenters.